The van der Waals surface area contributed by atoms with Crippen LogP contribution in [0.5, 0.6) is 0 Å². The van der Waals surface area contributed by atoms with E-state index in [0.717, 1.165) is 11.1 Å². The molecule has 7 nitrogen and oxygen atoms in total. The van der Waals surface area contributed by atoms with Gasteiger partial charge in [0.15, 0.2) is 0 Å². The van der Waals surface area contributed by atoms with Crippen molar-refractivity contribution >= 4 is 11.6 Å². The molecule has 168 valence electrons. The molecule has 0 atom stereocenters. The second-order valence-electron chi connectivity index (χ2n) is 8.92. The van der Waals surface area contributed by atoms with Gasteiger partial charge in [0.2, 0.25) is 0 Å². The molecule has 1 aromatic heterocycles. The number of hydrogen-bond donors (Lipinski definition) is 1. The van der Waals surface area contributed by atoms with Crippen LogP contribution in [0.25, 0.3) is 11.3 Å². The molecular formula is C26H26N4O3. The molecule has 0 unspecified atom stereocenters. The highest BCUT2D eigenvalue weighted by molar-refractivity contribution is 6.09. The molecular weight excluding hydrogens is 416 g/mol. The predicted octanol–water partition coefficient (Wildman–Crippen LogP) is 3.25. The molecule has 1 aliphatic rings. The van der Waals surface area contributed by atoms with Crippen LogP contribution in [0.4, 0.5) is 5.69 Å². The highest BCUT2D eigenvalue weighted by Crippen LogP contribution is 2.34. The zero-order chi connectivity index (χ0) is 23.9. The van der Waals surface area contributed by atoms with Crippen LogP contribution in [0.15, 0.2) is 47.3 Å². The molecule has 33 heavy (non-hydrogen) atoms. The van der Waals surface area contributed by atoms with E-state index >= 15 is 0 Å². The topological polar surface area (TPSA) is 99.2 Å². The number of aliphatic hydroxyl groups is 1. The van der Waals surface area contributed by atoms with Gasteiger partial charge in [0.05, 0.1) is 29.5 Å². The molecule has 0 radical (unpaired) electrons. The minimum absolute atomic E-state index is 0.144. The summed E-state index contributed by atoms with van der Waals surface area (Å²) in [5, 5.41) is 24.1. The highest BCUT2D eigenvalue weighted by Gasteiger charge is 2.30. The third kappa shape index (κ3) is 3.83. The van der Waals surface area contributed by atoms with Crippen molar-refractivity contribution in [3.8, 4) is 17.3 Å². The summed E-state index contributed by atoms with van der Waals surface area (Å²) in [5.41, 5.74) is 4.61. The first-order chi connectivity index (χ1) is 15.7. The van der Waals surface area contributed by atoms with E-state index in [2.05, 4.69) is 11.2 Å². The summed E-state index contributed by atoms with van der Waals surface area (Å²) in [6, 6.07) is 15.1. The number of aliphatic hydroxyl groups excluding tert-OH is 1. The first-order valence-corrected chi connectivity index (χ1v) is 10.8. The average molecular weight is 443 g/mol. The lowest BCUT2D eigenvalue weighted by molar-refractivity contribution is 0.0980. The van der Waals surface area contributed by atoms with Crippen molar-refractivity contribution in [1.29, 1.82) is 5.26 Å². The number of nitriles is 1. The Kier molecular flexibility index (Phi) is 5.64. The van der Waals surface area contributed by atoms with Crippen LogP contribution in [-0.2, 0) is 25.5 Å². The van der Waals surface area contributed by atoms with Crippen molar-refractivity contribution in [1.82, 2.24) is 9.78 Å². The molecule has 0 saturated heterocycles. The lowest BCUT2D eigenvalue weighted by Gasteiger charge is -2.31. The van der Waals surface area contributed by atoms with Gasteiger partial charge in [0.25, 0.3) is 11.5 Å². The molecule has 4 rings (SSSR count). The second kappa shape index (κ2) is 8.30. The van der Waals surface area contributed by atoms with E-state index in [1.807, 2.05) is 44.2 Å². The van der Waals surface area contributed by atoms with Crippen molar-refractivity contribution in [2.24, 2.45) is 7.05 Å². The molecule has 0 bridgehead atoms. The second-order valence-corrected chi connectivity index (χ2v) is 8.92. The molecule has 1 N–H and O–H groups in total. The number of rotatable bonds is 4. The van der Waals surface area contributed by atoms with Crippen molar-refractivity contribution in [2.45, 2.75) is 39.2 Å². The van der Waals surface area contributed by atoms with Gasteiger partial charge in [-0.2, -0.15) is 10.4 Å². The number of amides is 1. The molecule has 0 saturated carbocycles. The number of anilines is 1. The number of nitrogens with zero attached hydrogens (tertiary/aromatic N) is 4. The van der Waals surface area contributed by atoms with Gasteiger partial charge in [-0.25, -0.2) is 4.68 Å². The maximum atomic E-state index is 13.4. The molecule has 1 amide bonds. The van der Waals surface area contributed by atoms with Gasteiger partial charge in [0.1, 0.15) is 0 Å². The smallest absolute Gasteiger partial charge is 0.269 e. The number of carbonyl (C=O) groups excluding carboxylic acids is 1. The van der Waals surface area contributed by atoms with Crippen LogP contribution >= 0.6 is 0 Å². The number of fused-ring (bicyclic) bond motifs is 1. The van der Waals surface area contributed by atoms with Crippen molar-refractivity contribution < 1.29 is 9.90 Å². The fourth-order valence-corrected chi connectivity index (χ4v) is 4.29. The van der Waals surface area contributed by atoms with E-state index in [-0.39, 0.29) is 18.1 Å². The summed E-state index contributed by atoms with van der Waals surface area (Å²) >= 11 is 0. The Morgan fingerprint density at radius 2 is 1.91 bits per heavy atom. The summed E-state index contributed by atoms with van der Waals surface area (Å²) in [6.07, 6.45) is 0.642. The Balaban J connectivity index is 1.77. The summed E-state index contributed by atoms with van der Waals surface area (Å²) in [7, 11) is 1.59. The number of hydrogen-bond acceptors (Lipinski definition) is 5. The van der Waals surface area contributed by atoms with E-state index in [4.69, 9.17) is 0 Å². The molecule has 2 heterocycles. The highest BCUT2D eigenvalue weighted by atomic mass is 16.3. The van der Waals surface area contributed by atoms with Crippen molar-refractivity contribution in [3.63, 3.8) is 0 Å². The molecule has 0 spiro atoms. The first-order valence-electron chi connectivity index (χ1n) is 10.8. The molecule has 0 fully saturated rings. The third-order valence-electron chi connectivity index (χ3n) is 6.31. The Hall–Kier alpha value is -3.76. The maximum Gasteiger partial charge on any atom is 0.269 e. The SMILES string of the molecule is Cc1cc(-c2cccc(N3CCc4cc(C(C)(C)C#N)ccc4C3=O)c2CO)nn(C)c1=O. The van der Waals surface area contributed by atoms with Crippen LogP contribution in [0.1, 0.15) is 46.5 Å². The average Bonchev–Trinajstić information content (AvgIpc) is 2.81. The van der Waals surface area contributed by atoms with Gasteiger partial charge >= 0.3 is 0 Å². The Morgan fingerprint density at radius 1 is 1.15 bits per heavy atom. The maximum absolute atomic E-state index is 13.4. The first kappa shape index (κ1) is 22.4. The van der Waals surface area contributed by atoms with Crippen LogP contribution < -0.4 is 10.5 Å². The lowest BCUT2D eigenvalue weighted by atomic mass is 9.83. The summed E-state index contributed by atoms with van der Waals surface area (Å²) in [4.78, 5) is 27.2. The van der Waals surface area contributed by atoms with E-state index in [1.54, 1.807) is 31.0 Å². The van der Waals surface area contributed by atoms with Gasteiger partial charge in [-0.1, -0.05) is 24.3 Å². The Morgan fingerprint density at radius 3 is 2.58 bits per heavy atom. The quantitative estimate of drug-likeness (QED) is 0.669. The summed E-state index contributed by atoms with van der Waals surface area (Å²) in [5.74, 6) is -0.144. The van der Waals surface area contributed by atoms with Crippen LogP contribution in [0, 0.1) is 18.3 Å². The fraction of sp³-hybridized carbons (Fsp3) is 0.308. The Bertz CT molecular complexity index is 1340. The van der Waals surface area contributed by atoms with Crippen molar-refractivity contribution in [2.75, 3.05) is 11.4 Å². The van der Waals surface area contributed by atoms with Crippen LogP contribution in [0.2, 0.25) is 0 Å². The van der Waals surface area contributed by atoms with Gasteiger partial charge in [0, 0.05) is 35.8 Å². The predicted molar refractivity (Wildman–Crippen MR) is 126 cm³/mol. The van der Waals surface area contributed by atoms with Gasteiger partial charge < -0.3 is 10.0 Å². The number of carbonyl (C=O) groups is 1. The van der Waals surface area contributed by atoms with E-state index < -0.39 is 5.41 Å². The van der Waals surface area contributed by atoms with Gasteiger partial charge in [-0.15, -0.1) is 0 Å². The third-order valence-corrected chi connectivity index (χ3v) is 6.31. The fourth-order valence-electron chi connectivity index (χ4n) is 4.29. The molecule has 0 aliphatic carbocycles. The minimum atomic E-state index is -0.630. The number of aryl methyl sites for hydroxylation is 2. The summed E-state index contributed by atoms with van der Waals surface area (Å²) in [6.45, 7) is 5.63. The monoisotopic (exact) mass is 442 g/mol. The molecule has 7 heteroatoms. The normalized spacial score (nSPS) is 13.6. The number of aromatic nitrogens is 2. The largest absolute Gasteiger partial charge is 0.392 e. The Labute approximate surface area is 192 Å². The molecule has 3 aromatic rings. The van der Waals surface area contributed by atoms with Gasteiger partial charge in [-0.3, -0.25) is 9.59 Å². The zero-order valence-corrected chi connectivity index (χ0v) is 19.2. The van der Waals surface area contributed by atoms with Crippen LogP contribution in [0.3, 0.4) is 0 Å². The van der Waals surface area contributed by atoms with E-state index in [1.165, 1.54) is 4.68 Å². The van der Waals surface area contributed by atoms with E-state index in [0.29, 0.717) is 46.6 Å². The van der Waals surface area contributed by atoms with Gasteiger partial charge in [-0.05, 0) is 56.5 Å². The molecule has 1 aliphatic heterocycles. The van der Waals surface area contributed by atoms with E-state index in [9.17, 15) is 20.0 Å². The van der Waals surface area contributed by atoms with Crippen LogP contribution in [-0.4, -0.2) is 27.3 Å². The zero-order valence-electron chi connectivity index (χ0n) is 19.2. The standard InChI is InChI=1S/C26H26N4O3/c1-16-12-22(28-29(4)24(16)32)20-6-5-7-23(21(20)14-31)30-11-10-17-13-18(26(2,3)15-27)8-9-19(17)25(30)33/h5-9,12-13,31H,10-11,14H2,1-4H3. The van der Waals surface area contributed by atoms with Crippen molar-refractivity contribution in [3.05, 3.63) is 80.6 Å². The molecule has 2 aromatic carbocycles. The minimum Gasteiger partial charge on any atom is -0.392 e. The summed E-state index contributed by atoms with van der Waals surface area (Å²) < 4.78 is 1.28. The lowest BCUT2D eigenvalue weighted by Crippen LogP contribution is -2.38. The number of benzene rings is 2.